The molecule has 0 saturated carbocycles. The minimum Gasteiger partial charge on any atom is -0.596 e. The first-order valence-corrected chi connectivity index (χ1v) is 39.4. The molecule has 4 aromatic heterocycles. The van der Waals surface area contributed by atoms with Crippen LogP contribution in [0.25, 0.3) is 61.5 Å². The Morgan fingerprint density at radius 1 is 0.429 bits per heavy atom. The van der Waals surface area contributed by atoms with Gasteiger partial charge in [-0.15, -0.1) is 45.5 Å². The predicted molar refractivity (Wildman–Crippen MR) is 429 cm³/mol. The van der Waals surface area contributed by atoms with Crippen molar-refractivity contribution in [3.63, 3.8) is 0 Å². The second kappa shape index (κ2) is 43.1. The second-order valence-corrected chi connectivity index (χ2v) is 30.5. The molecule has 2 fully saturated rings. The van der Waals surface area contributed by atoms with Crippen molar-refractivity contribution in [1.82, 2.24) is 38.2 Å². The Morgan fingerprint density at radius 3 is 1.10 bits per heavy atom. The van der Waals surface area contributed by atoms with Gasteiger partial charge < -0.3 is 112 Å². The van der Waals surface area contributed by atoms with E-state index in [1.165, 1.54) is 70.7 Å². The number of sulfonamides is 2. The summed E-state index contributed by atoms with van der Waals surface area (Å²) in [6, 6.07) is 22.6. The van der Waals surface area contributed by atoms with Gasteiger partial charge >= 0.3 is 33.9 Å². The first-order chi connectivity index (χ1) is 58.6. The standard InChI is InChI=1S/4C17H15F3N8O2S.2Ni/c1-21-14-15(22-2)28(4)16(23-14)25-24-11-8-10-6-5-7-27(3)13(10)9-12(11)26-31(29,30)17(18,19)20;1-21-14-15(22-2)27(3)16(23-14)25-24-12-7-6-11(28-8-4-5-9-28)10-13(12)26-31(29,30)17(18,19)20;1-27-5-3-4-10-6-11(12(7-14(10)27)26-29-30-31-17(18,19)20)24-25-16-23-13(8-21)15(9-22)28(16)2;1-27-15(10-22)14(9-21)23-16(27)25-24-12-5-4-11(28-6-2-3-7-28)8-13(12)26-29-30-31-17(18,19)20;;/h8-9H,5-7H2,3-4H3,(H,23,25);6-7,10H,4-5,8-9H2,3H3,(H,23,25);6-7H,3-5H2,1-2H3,(H,23,25);4-5,8H,2-3,6-7H2,1H3,(H,23,25);;/q4*-2;;. The van der Waals surface area contributed by atoms with Gasteiger partial charge in [0.1, 0.15) is 48.4 Å². The van der Waals surface area contributed by atoms with Gasteiger partial charge in [0.2, 0.25) is 0 Å². The number of alkyl halides is 12. The fraction of sp³-hybridized carbons (Fsp3) is 0.353. The van der Waals surface area contributed by atoms with Crippen LogP contribution in [0.15, 0.2) is 60.7 Å². The van der Waals surface area contributed by atoms with Crippen LogP contribution >= 0.6 is 24.1 Å². The zero-order chi connectivity index (χ0) is 90.8. The molecular weight excluding hydrogens is 1870 g/mol. The molecule has 58 heteroatoms. The maximum absolute atomic E-state index is 12.9. The van der Waals surface area contributed by atoms with Crippen LogP contribution in [0, 0.1) is 71.6 Å². The Morgan fingerprint density at radius 2 is 0.762 bits per heavy atom. The zero-order valence-corrected chi connectivity index (χ0v) is 70.5. The second-order valence-electron chi connectivity index (χ2n) is 25.7. The van der Waals surface area contributed by atoms with Crippen LogP contribution in [0.5, 0.6) is 0 Å². The molecule has 0 unspecified atom stereocenters. The number of anilines is 8. The van der Waals surface area contributed by atoms with E-state index < -0.39 is 77.5 Å². The van der Waals surface area contributed by atoms with Gasteiger partial charge in [-0.3, -0.25) is 19.1 Å². The number of nitriles is 4. The van der Waals surface area contributed by atoms with E-state index in [4.69, 9.17) is 47.3 Å². The van der Waals surface area contributed by atoms with Gasteiger partial charge in [-0.1, -0.05) is 84.8 Å². The molecule has 4 aliphatic rings. The summed E-state index contributed by atoms with van der Waals surface area (Å²) in [5, 5.41) is 36.4. The summed E-state index contributed by atoms with van der Waals surface area (Å²) in [4.78, 5) is 44.9. The fourth-order valence-corrected chi connectivity index (χ4v) is 13.1. The molecule has 0 spiro atoms. The van der Waals surface area contributed by atoms with Crippen molar-refractivity contribution >= 4 is 159 Å². The molecule has 2 saturated heterocycles. The number of aromatic nitrogens is 8. The van der Waals surface area contributed by atoms with Gasteiger partial charge in [0.25, 0.3) is 23.3 Å². The molecule has 0 radical (unpaired) electrons. The molecule has 676 valence electrons. The van der Waals surface area contributed by atoms with E-state index >= 15 is 0 Å². The quantitative estimate of drug-likeness (QED) is 0.00744. The maximum Gasteiger partial charge on any atom is 0.483 e. The minimum absolute atomic E-state index is 0. The normalized spacial score (nSPS) is 13.4. The maximum atomic E-state index is 12.9. The zero-order valence-electron chi connectivity index (χ0n) is 65.3. The molecule has 0 aliphatic carbocycles. The summed E-state index contributed by atoms with van der Waals surface area (Å²) in [6.07, 6.45) is 7.01. The fourth-order valence-electron chi connectivity index (χ4n) is 11.8. The molecular formula is C68H60F12N32Ni2O8S4-8. The number of imidazole rings is 4. The third-order valence-electron chi connectivity index (χ3n) is 17.8. The van der Waals surface area contributed by atoms with E-state index in [0.717, 1.165) is 87.1 Å². The van der Waals surface area contributed by atoms with Crippen LogP contribution in [0.2, 0.25) is 0 Å². The summed E-state index contributed by atoms with van der Waals surface area (Å²) in [7, 11) is -2.02. The number of benzene rings is 4. The van der Waals surface area contributed by atoms with Crippen molar-refractivity contribution in [1.29, 1.82) is 21.0 Å². The number of rotatable bonds is 26. The smallest absolute Gasteiger partial charge is 0.483 e. The summed E-state index contributed by atoms with van der Waals surface area (Å²) in [5.74, 6) is -0.255. The summed E-state index contributed by atoms with van der Waals surface area (Å²) in [5.41, 5.74) is 17.0. The molecule has 4 aliphatic heterocycles. The van der Waals surface area contributed by atoms with E-state index in [1.54, 1.807) is 48.3 Å². The van der Waals surface area contributed by atoms with Crippen LogP contribution in [-0.2, 0) is 113 Å². The van der Waals surface area contributed by atoms with E-state index in [-0.39, 0.29) is 137 Å². The third kappa shape index (κ3) is 25.2. The SMILES string of the molecule is CN1CCCc2cc([N-]Nc3nc(C#N)c(C#N)n3C)c([N-]OOSC(F)(F)F)cc21.Cn1c(N[N-]c2ccc(N3CCCC3)cc2[N-]OOSC(F)(F)F)nc(C#N)c1C#N.[C-]#[N+]c1nc(N[N-]c2cc3c(cc2[N-]S(=O)(=O)C(F)(F)F)N(C)CCC3)n(C)c1[N+]#[C-].[C-]#[N+]c1nc(N[N-]c2ccc(N3CCCC3)cc2[N-]S(=O)(=O)C(F)(F)F)n(C)c1[N+]#[C-].[Ni].[Ni]. The molecule has 4 N–H and O–H groups in total. The Kier molecular flexibility index (Phi) is 34.2. The predicted octanol–water partition coefficient (Wildman–Crippen LogP) is 19.2. The van der Waals surface area contributed by atoms with Gasteiger partial charge in [-0.05, 0) is 74.6 Å². The van der Waals surface area contributed by atoms with Crippen LogP contribution in [0.4, 0.5) is 168 Å². The molecule has 126 heavy (non-hydrogen) atoms. The molecule has 0 bridgehead atoms. The van der Waals surface area contributed by atoms with E-state index in [0.29, 0.717) is 37.4 Å². The summed E-state index contributed by atoms with van der Waals surface area (Å²) < 4.78 is 216. The molecule has 12 rings (SSSR count). The van der Waals surface area contributed by atoms with E-state index in [1.807, 2.05) is 41.1 Å². The van der Waals surface area contributed by atoms with Crippen LogP contribution in [-0.4, -0.2) is 130 Å². The number of nitrogens with zero attached hydrogens (tertiary/aromatic N) is 28. The number of fused-ring (bicyclic) bond motifs is 2. The number of halogens is 12. The van der Waals surface area contributed by atoms with Gasteiger partial charge in [0, 0.05) is 123 Å². The van der Waals surface area contributed by atoms with Crippen molar-refractivity contribution in [2.45, 2.75) is 73.4 Å². The monoisotopic (exact) mass is 1920 g/mol. The Balaban J connectivity index is 0.000000229. The topological polar surface area (TPSA) is 463 Å². The van der Waals surface area contributed by atoms with Gasteiger partial charge in [-0.25, -0.2) is 26.8 Å². The number of nitrogens with one attached hydrogen (secondary N) is 4. The van der Waals surface area contributed by atoms with Crippen molar-refractivity contribution in [3.8, 4) is 24.3 Å². The number of aryl methyl sites for hydroxylation is 2. The van der Waals surface area contributed by atoms with Crippen LogP contribution in [0.3, 0.4) is 0 Å². The minimum atomic E-state index is -5.80. The molecule has 4 aromatic carbocycles. The summed E-state index contributed by atoms with van der Waals surface area (Å²) in [6.45, 7) is 32.9. The first-order valence-electron chi connectivity index (χ1n) is 35.1. The largest absolute Gasteiger partial charge is 0.596 e. The average molecular weight is 1930 g/mol. The molecule has 8 heterocycles. The van der Waals surface area contributed by atoms with Gasteiger partial charge in [0.15, 0.2) is 54.7 Å². The molecule has 0 atom stereocenters. The Labute approximate surface area is 738 Å². The molecule has 8 aromatic rings. The van der Waals surface area contributed by atoms with Crippen molar-refractivity contribution in [2.75, 3.05) is 94.7 Å². The number of hydrogen-bond donors (Lipinski definition) is 4. The third-order valence-corrected chi connectivity index (χ3v) is 20.4. The molecule has 40 nitrogen and oxygen atoms in total. The Bertz CT molecular complexity index is 5850. The number of hydrogen-bond acceptors (Lipinski definition) is 26. The average Bonchev–Trinajstić information content (AvgIpc) is 1.31. The van der Waals surface area contributed by atoms with Gasteiger partial charge in [-0.2, -0.15) is 82.4 Å². The van der Waals surface area contributed by atoms with Crippen LogP contribution < -0.4 is 41.3 Å². The van der Waals surface area contributed by atoms with E-state index in [9.17, 15) is 69.5 Å². The Hall–Kier alpha value is -13.0. The first kappa shape index (κ1) is 100. The van der Waals surface area contributed by atoms with Crippen molar-refractivity contribution in [3.05, 3.63) is 182 Å². The van der Waals surface area contributed by atoms with Crippen LogP contribution in [0.1, 0.15) is 72.4 Å². The molecule has 0 amide bonds. The van der Waals surface area contributed by atoms with Gasteiger partial charge in [0.05, 0.1) is 14.1 Å². The van der Waals surface area contributed by atoms with Crippen molar-refractivity contribution < 1.29 is 121 Å². The van der Waals surface area contributed by atoms with Crippen molar-refractivity contribution in [2.24, 2.45) is 28.2 Å². The summed E-state index contributed by atoms with van der Waals surface area (Å²) >= 11 is -1.68. The van der Waals surface area contributed by atoms with E-state index in [2.05, 4.69) is 127 Å².